The highest BCUT2D eigenvalue weighted by Gasteiger charge is 2.34. The lowest BCUT2D eigenvalue weighted by Crippen LogP contribution is -2.22. The average molecular weight is 497 g/mol. The number of benzene rings is 4. The first-order valence-electron chi connectivity index (χ1n) is 12.1. The SMILES string of the molecule is COc1cccc(OC)c1C1CC(=O)c2c(OCc3ccccc3)cc(OCc3ccccc3)cc2O1. The van der Waals surface area contributed by atoms with E-state index in [0.29, 0.717) is 53.1 Å². The van der Waals surface area contributed by atoms with Crippen molar-refractivity contribution in [1.29, 1.82) is 0 Å². The van der Waals surface area contributed by atoms with Crippen molar-refractivity contribution in [2.75, 3.05) is 14.2 Å². The second-order valence-corrected chi connectivity index (χ2v) is 8.65. The predicted octanol–water partition coefficient (Wildman–Crippen LogP) is 6.57. The van der Waals surface area contributed by atoms with Crippen LogP contribution in [-0.4, -0.2) is 20.0 Å². The predicted molar refractivity (Wildman–Crippen MR) is 140 cm³/mol. The number of carbonyl (C=O) groups is 1. The van der Waals surface area contributed by atoms with Gasteiger partial charge in [0.25, 0.3) is 0 Å². The van der Waals surface area contributed by atoms with Crippen LogP contribution in [0.5, 0.6) is 28.7 Å². The van der Waals surface area contributed by atoms with E-state index >= 15 is 0 Å². The maximum atomic E-state index is 13.5. The van der Waals surface area contributed by atoms with E-state index in [1.54, 1.807) is 26.4 Å². The number of rotatable bonds is 9. The van der Waals surface area contributed by atoms with Gasteiger partial charge in [0, 0.05) is 12.1 Å². The van der Waals surface area contributed by atoms with Crippen molar-refractivity contribution < 1.29 is 28.5 Å². The van der Waals surface area contributed by atoms with E-state index in [2.05, 4.69) is 0 Å². The fraction of sp³-hybridized carbons (Fsp3) is 0.194. The molecule has 0 spiro atoms. The molecule has 37 heavy (non-hydrogen) atoms. The normalized spacial score (nSPS) is 14.3. The van der Waals surface area contributed by atoms with Gasteiger partial charge in [-0.15, -0.1) is 0 Å². The first-order valence-corrected chi connectivity index (χ1v) is 12.1. The Bertz CT molecular complexity index is 1350. The fourth-order valence-corrected chi connectivity index (χ4v) is 4.43. The number of hydrogen-bond donors (Lipinski definition) is 0. The van der Waals surface area contributed by atoms with Crippen LogP contribution in [0.15, 0.2) is 91.0 Å². The molecule has 6 heteroatoms. The van der Waals surface area contributed by atoms with E-state index in [1.165, 1.54) is 0 Å². The van der Waals surface area contributed by atoms with Crippen LogP contribution in [0, 0.1) is 0 Å². The number of carbonyl (C=O) groups excluding carboxylic acids is 1. The standard InChI is InChI=1S/C31H28O6/c1-33-25-14-9-15-26(34-2)31(25)29-18-24(32)30-27(36-20-22-12-7-4-8-13-22)16-23(17-28(30)37-29)35-19-21-10-5-3-6-11-21/h3-17,29H,18-20H2,1-2H3. The first-order chi connectivity index (χ1) is 18.2. The van der Waals surface area contributed by atoms with Gasteiger partial charge in [0.05, 0.1) is 26.2 Å². The van der Waals surface area contributed by atoms with Crippen LogP contribution in [0.2, 0.25) is 0 Å². The zero-order chi connectivity index (χ0) is 25.6. The number of ketones is 1. The molecule has 0 amide bonds. The van der Waals surface area contributed by atoms with Crippen molar-refractivity contribution in [3.8, 4) is 28.7 Å². The molecule has 5 rings (SSSR count). The van der Waals surface area contributed by atoms with Gasteiger partial charge in [-0.3, -0.25) is 4.79 Å². The van der Waals surface area contributed by atoms with E-state index in [0.717, 1.165) is 11.1 Å². The third-order valence-electron chi connectivity index (χ3n) is 6.23. The molecule has 1 aliphatic rings. The van der Waals surface area contributed by atoms with Crippen LogP contribution in [0.25, 0.3) is 0 Å². The molecule has 0 aliphatic carbocycles. The highest BCUT2D eigenvalue weighted by Crippen LogP contribution is 2.46. The molecule has 0 saturated carbocycles. The minimum Gasteiger partial charge on any atom is -0.496 e. The quantitative estimate of drug-likeness (QED) is 0.261. The van der Waals surface area contributed by atoms with Gasteiger partial charge in [0.15, 0.2) is 5.78 Å². The lowest BCUT2D eigenvalue weighted by molar-refractivity contribution is 0.0834. The van der Waals surface area contributed by atoms with Gasteiger partial charge in [-0.05, 0) is 23.3 Å². The minimum atomic E-state index is -0.586. The Hall–Kier alpha value is -4.45. The van der Waals surface area contributed by atoms with Gasteiger partial charge in [-0.1, -0.05) is 66.7 Å². The number of ether oxygens (including phenoxy) is 5. The summed E-state index contributed by atoms with van der Waals surface area (Å²) in [5, 5.41) is 0. The maximum Gasteiger partial charge on any atom is 0.174 e. The highest BCUT2D eigenvalue weighted by atomic mass is 16.5. The van der Waals surface area contributed by atoms with Crippen LogP contribution in [0.4, 0.5) is 0 Å². The lowest BCUT2D eigenvalue weighted by Gasteiger charge is -2.29. The van der Waals surface area contributed by atoms with E-state index < -0.39 is 6.10 Å². The molecule has 1 atom stereocenters. The van der Waals surface area contributed by atoms with Gasteiger partial charge in [0.1, 0.15) is 53.6 Å². The van der Waals surface area contributed by atoms with Crippen molar-refractivity contribution in [3.05, 3.63) is 113 Å². The van der Waals surface area contributed by atoms with Crippen molar-refractivity contribution in [3.63, 3.8) is 0 Å². The molecule has 1 aliphatic heterocycles. The molecule has 4 aromatic carbocycles. The summed E-state index contributed by atoms with van der Waals surface area (Å²) in [4.78, 5) is 13.5. The molecule has 1 heterocycles. The van der Waals surface area contributed by atoms with Gasteiger partial charge >= 0.3 is 0 Å². The zero-order valence-corrected chi connectivity index (χ0v) is 20.8. The van der Waals surface area contributed by atoms with Crippen LogP contribution < -0.4 is 23.7 Å². The van der Waals surface area contributed by atoms with Gasteiger partial charge in [-0.25, -0.2) is 0 Å². The molecule has 4 aromatic rings. The summed E-state index contributed by atoms with van der Waals surface area (Å²) in [5.41, 5.74) is 3.12. The second-order valence-electron chi connectivity index (χ2n) is 8.65. The summed E-state index contributed by atoms with van der Waals surface area (Å²) < 4.78 is 29.8. The van der Waals surface area contributed by atoms with Gasteiger partial charge in [-0.2, -0.15) is 0 Å². The monoisotopic (exact) mass is 496 g/mol. The van der Waals surface area contributed by atoms with Gasteiger partial charge < -0.3 is 23.7 Å². The van der Waals surface area contributed by atoms with Crippen molar-refractivity contribution in [2.45, 2.75) is 25.7 Å². The minimum absolute atomic E-state index is 0.0862. The highest BCUT2D eigenvalue weighted by molar-refractivity contribution is 6.03. The number of hydrogen-bond acceptors (Lipinski definition) is 6. The molecular formula is C31H28O6. The summed E-state index contributed by atoms with van der Waals surface area (Å²) in [6.07, 6.45) is -0.465. The molecule has 1 unspecified atom stereocenters. The number of Topliss-reactive ketones (excluding diaryl/α,β-unsaturated/α-hetero) is 1. The zero-order valence-electron chi connectivity index (χ0n) is 20.8. The van der Waals surface area contributed by atoms with Crippen LogP contribution in [0.3, 0.4) is 0 Å². The summed E-state index contributed by atoms with van der Waals surface area (Å²) in [6, 6.07) is 28.7. The Balaban J connectivity index is 1.50. The fourth-order valence-electron chi connectivity index (χ4n) is 4.43. The van der Waals surface area contributed by atoms with Crippen LogP contribution in [0.1, 0.15) is 39.6 Å². The summed E-state index contributed by atoms with van der Waals surface area (Å²) in [5.74, 6) is 2.49. The molecule has 0 N–H and O–H groups in total. The average Bonchev–Trinajstić information content (AvgIpc) is 2.95. The van der Waals surface area contributed by atoms with E-state index in [1.807, 2.05) is 78.9 Å². The number of fused-ring (bicyclic) bond motifs is 1. The molecule has 0 radical (unpaired) electrons. The van der Waals surface area contributed by atoms with Crippen molar-refractivity contribution in [2.24, 2.45) is 0 Å². The Labute approximate surface area is 216 Å². The lowest BCUT2D eigenvalue weighted by atomic mass is 9.94. The van der Waals surface area contributed by atoms with Crippen LogP contribution >= 0.6 is 0 Å². The molecule has 6 nitrogen and oxygen atoms in total. The topological polar surface area (TPSA) is 63.2 Å². The summed E-state index contributed by atoms with van der Waals surface area (Å²) in [6.45, 7) is 0.682. The van der Waals surface area contributed by atoms with E-state index in [4.69, 9.17) is 23.7 Å². The van der Waals surface area contributed by atoms with Crippen LogP contribution in [-0.2, 0) is 13.2 Å². The smallest absolute Gasteiger partial charge is 0.174 e. The largest absolute Gasteiger partial charge is 0.496 e. The third kappa shape index (κ3) is 5.38. The molecular weight excluding hydrogens is 468 g/mol. The Morgan fingerprint density at radius 2 is 1.32 bits per heavy atom. The molecule has 0 saturated heterocycles. The summed E-state index contributed by atoms with van der Waals surface area (Å²) in [7, 11) is 3.17. The van der Waals surface area contributed by atoms with E-state index in [-0.39, 0.29) is 12.2 Å². The molecule has 188 valence electrons. The van der Waals surface area contributed by atoms with Crippen molar-refractivity contribution >= 4 is 5.78 Å². The van der Waals surface area contributed by atoms with E-state index in [9.17, 15) is 4.79 Å². The number of methoxy groups -OCH3 is 2. The second kappa shape index (κ2) is 11.1. The molecule has 0 fully saturated rings. The molecule has 0 bridgehead atoms. The Kier molecular flexibility index (Phi) is 7.26. The maximum absolute atomic E-state index is 13.5. The van der Waals surface area contributed by atoms with Crippen molar-refractivity contribution in [1.82, 2.24) is 0 Å². The Morgan fingerprint density at radius 1 is 0.730 bits per heavy atom. The first kappa shape index (κ1) is 24.3. The third-order valence-corrected chi connectivity index (χ3v) is 6.23. The summed E-state index contributed by atoms with van der Waals surface area (Å²) >= 11 is 0. The Morgan fingerprint density at radius 3 is 1.92 bits per heavy atom. The molecule has 0 aromatic heterocycles. The van der Waals surface area contributed by atoms with Gasteiger partial charge in [0.2, 0.25) is 0 Å².